The fourth-order valence-electron chi connectivity index (χ4n) is 1.88. The van der Waals surface area contributed by atoms with Crippen molar-refractivity contribution in [2.75, 3.05) is 0 Å². The molecule has 2 N–H and O–H groups in total. The summed E-state index contributed by atoms with van der Waals surface area (Å²) >= 11 is 1.39. The molecule has 18 heavy (non-hydrogen) atoms. The first-order valence-corrected chi connectivity index (χ1v) is 7.93. The largest absolute Gasteiger partial charge is 0.480 e. The highest BCUT2D eigenvalue weighted by Gasteiger charge is 2.39. The highest BCUT2D eigenvalue weighted by molar-refractivity contribution is 7.89. The van der Waals surface area contributed by atoms with Gasteiger partial charge in [0.05, 0.1) is 4.90 Å². The summed E-state index contributed by atoms with van der Waals surface area (Å²) in [5.74, 6) is -1.18. The van der Waals surface area contributed by atoms with Crippen LogP contribution in [0.25, 0.3) is 0 Å². The van der Waals surface area contributed by atoms with Crippen molar-refractivity contribution in [3.8, 4) is 0 Å². The van der Waals surface area contributed by atoms with Crippen molar-refractivity contribution in [2.24, 2.45) is 5.92 Å². The number of sulfonamides is 1. The van der Waals surface area contributed by atoms with Gasteiger partial charge in [0.15, 0.2) is 0 Å². The van der Waals surface area contributed by atoms with Gasteiger partial charge in [0.25, 0.3) is 0 Å². The van der Waals surface area contributed by atoms with Gasteiger partial charge in [0, 0.05) is 9.75 Å². The minimum Gasteiger partial charge on any atom is -0.480 e. The number of rotatable bonds is 5. The Hall–Kier alpha value is -0.920. The molecule has 1 saturated carbocycles. The molecule has 0 aromatic carbocycles. The minimum atomic E-state index is -3.74. The molecule has 1 unspecified atom stereocenters. The second-order valence-electron chi connectivity index (χ2n) is 4.55. The zero-order valence-electron chi connectivity index (χ0n) is 10.1. The smallest absolute Gasteiger partial charge is 0.322 e. The number of aryl methyl sites for hydroxylation is 2. The first-order valence-electron chi connectivity index (χ1n) is 5.63. The maximum absolute atomic E-state index is 12.1. The lowest BCUT2D eigenvalue weighted by Gasteiger charge is -2.13. The van der Waals surface area contributed by atoms with Gasteiger partial charge in [0.1, 0.15) is 6.04 Å². The number of aliphatic carboxylic acids is 1. The number of carboxylic acids is 1. The van der Waals surface area contributed by atoms with Crippen molar-refractivity contribution in [1.82, 2.24) is 4.72 Å². The van der Waals surface area contributed by atoms with E-state index in [1.54, 1.807) is 13.0 Å². The van der Waals surface area contributed by atoms with Gasteiger partial charge in [-0.15, -0.1) is 11.3 Å². The predicted octanol–water partition coefficient (Wildman–Crippen LogP) is 1.51. The monoisotopic (exact) mass is 289 g/mol. The molecule has 1 heterocycles. The topological polar surface area (TPSA) is 83.5 Å². The molecule has 0 bridgehead atoms. The summed E-state index contributed by atoms with van der Waals surface area (Å²) < 4.78 is 26.6. The summed E-state index contributed by atoms with van der Waals surface area (Å²) in [6.07, 6.45) is 1.53. The van der Waals surface area contributed by atoms with Crippen LogP contribution in [0.4, 0.5) is 0 Å². The third kappa shape index (κ3) is 2.73. The van der Waals surface area contributed by atoms with Crippen LogP contribution in [0.3, 0.4) is 0 Å². The zero-order valence-corrected chi connectivity index (χ0v) is 11.8. The number of hydrogen-bond acceptors (Lipinski definition) is 4. The Morgan fingerprint density at radius 2 is 2.11 bits per heavy atom. The standard InChI is InChI=1S/C11H15NO4S2/c1-6-5-9(7(2)17-6)18(15,16)12-10(11(13)14)8-3-4-8/h5,8,10,12H,3-4H2,1-2H3,(H,13,14). The quantitative estimate of drug-likeness (QED) is 0.860. The molecule has 0 spiro atoms. The number of carboxylic acid groups (broad SMARTS) is 1. The summed E-state index contributed by atoms with van der Waals surface area (Å²) in [5, 5.41) is 9.04. The lowest BCUT2D eigenvalue weighted by atomic mass is 10.2. The van der Waals surface area contributed by atoms with E-state index in [0.29, 0.717) is 4.88 Å². The van der Waals surface area contributed by atoms with E-state index in [-0.39, 0.29) is 10.8 Å². The Bertz CT molecular complexity index is 572. The maximum Gasteiger partial charge on any atom is 0.322 e. The number of hydrogen-bond donors (Lipinski definition) is 2. The number of nitrogens with one attached hydrogen (secondary N) is 1. The molecular weight excluding hydrogens is 274 g/mol. The van der Waals surface area contributed by atoms with Crippen LogP contribution in [0, 0.1) is 19.8 Å². The molecule has 0 radical (unpaired) electrons. The summed E-state index contributed by atoms with van der Waals surface area (Å²) in [7, 11) is -3.74. The van der Waals surface area contributed by atoms with Crippen LogP contribution < -0.4 is 4.72 Å². The highest BCUT2D eigenvalue weighted by atomic mass is 32.2. The van der Waals surface area contributed by atoms with E-state index in [4.69, 9.17) is 5.11 Å². The molecule has 1 fully saturated rings. The lowest BCUT2D eigenvalue weighted by Crippen LogP contribution is -2.42. The maximum atomic E-state index is 12.1. The van der Waals surface area contributed by atoms with E-state index in [9.17, 15) is 13.2 Å². The predicted molar refractivity (Wildman–Crippen MR) is 68.3 cm³/mol. The first kappa shape index (κ1) is 13.5. The molecule has 0 saturated heterocycles. The van der Waals surface area contributed by atoms with Gasteiger partial charge in [-0.05, 0) is 38.7 Å². The van der Waals surface area contributed by atoms with Crippen LogP contribution in [0.1, 0.15) is 22.6 Å². The van der Waals surface area contributed by atoms with Crippen molar-refractivity contribution in [3.63, 3.8) is 0 Å². The molecule has 1 atom stereocenters. The first-order chi connectivity index (χ1) is 8.31. The third-order valence-electron chi connectivity index (χ3n) is 2.93. The van der Waals surface area contributed by atoms with Crippen LogP contribution in [0.5, 0.6) is 0 Å². The minimum absolute atomic E-state index is 0.0719. The number of thiophene rings is 1. The van der Waals surface area contributed by atoms with Crippen LogP contribution >= 0.6 is 11.3 Å². The average Bonchev–Trinajstić information content (AvgIpc) is 3.00. The van der Waals surface area contributed by atoms with Crippen molar-refractivity contribution >= 4 is 27.3 Å². The van der Waals surface area contributed by atoms with Gasteiger partial charge in [-0.2, -0.15) is 4.72 Å². The van der Waals surface area contributed by atoms with Crippen molar-refractivity contribution in [1.29, 1.82) is 0 Å². The zero-order chi connectivity index (χ0) is 13.5. The van der Waals surface area contributed by atoms with Gasteiger partial charge in [0.2, 0.25) is 10.0 Å². The summed E-state index contributed by atoms with van der Waals surface area (Å²) in [6.45, 7) is 3.55. The van der Waals surface area contributed by atoms with E-state index in [1.165, 1.54) is 11.3 Å². The molecule has 0 amide bonds. The molecule has 1 aliphatic rings. The second-order valence-corrected chi connectivity index (χ2v) is 7.69. The fourth-order valence-corrected chi connectivity index (χ4v) is 4.70. The van der Waals surface area contributed by atoms with Crippen molar-refractivity contribution in [2.45, 2.75) is 37.6 Å². The SMILES string of the molecule is Cc1cc(S(=O)(=O)NC(C(=O)O)C2CC2)c(C)s1. The van der Waals surface area contributed by atoms with E-state index in [1.807, 2.05) is 6.92 Å². The molecular formula is C11H15NO4S2. The third-order valence-corrected chi connectivity index (χ3v) is 5.59. The van der Waals surface area contributed by atoms with E-state index in [0.717, 1.165) is 17.7 Å². The van der Waals surface area contributed by atoms with Crippen LogP contribution in [0.15, 0.2) is 11.0 Å². The molecule has 1 aliphatic carbocycles. The van der Waals surface area contributed by atoms with E-state index >= 15 is 0 Å². The Morgan fingerprint density at radius 1 is 1.50 bits per heavy atom. The van der Waals surface area contributed by atoms with E-state index < -0.39 is 22.0 Å². The van der Waals surface area contributed by atoms with E-state index in [2.05, 4.69) is 4.72 Å². The molecule has 1 aromatic heterocycles. The lowest BCUT2D eigenvalue weighted by molar-refractivity contribution is -0.139. The van der Waals surface area contributed by atoms with Gasteiger partial charge < -0.3 is 5.11 Å². The Kier molecular flexibility index (Phi) is 3.48. The molecule has 2 rings (SSSR count). The summed E-state index contributed by atoms with van der Waals surface area (Å²) in [4.78, 5) is 12.8. The Balaban J connectivity index is 2.26. The molecule has 0 aliphatic heterocycles. The highest BCUT2D eigenvalue weighted by Crippen LogP contribution is 2.34. The van der Waals surface area contributed by atoms with Gasteiger partial charge in [-0.3, -0.25) is 4.79 Å². The van der Waals surface area contributed by atoms with Crippen molar-refractivity contribution < 1.29 is 18.3 Å². The normalized spacial score (nSPS) is 17.7. The molecule has 100 valence electrons. The van der Waals surface area contributed by atoms with Crippen LogP contribution in [-0.4, -0.2) is 25.5 Å². The summed E-state index contributed by atoms with van der Waals surface area (Å²) in [5.41, 5.74) is 0. The Morgan fingerprint density at radius 3 is 2.50 bits per heavy atom. The summed E-state index contributed by atoms with van der Waals surface area (Å²) in [6, 6.07) is 0.573. The van der Waals surface area contributed by atoms with Crippen LogP contribution in [0.2, 0.25) is 0 Å². The molecule has 7 heteroatoms. The van der Waals surface area contributed by atoms with Gasteiger partial charge in [-0.1, -0.05) is 0 Å². The fraction of sp³-hybridized carbons (Fsp3) is 0.545. The Labute approximate surface area is 110 Å². The second kappa shape index (κ2) is 4.64. The number of carbonyl (C=O) groups is 1. The van der Waals surface area contributed by atoms with Gasteiger partial charge in [-0.25, -0.2) is 8.42 Å². The van der Waals surface area contributed by atoms with Crippen LogP contribution in [-0.2, 0) is 14.8 Å². The molecule has 5 nitrogen and oxygen atoms in total. The molecule has 1 aromatic rings. The van der Waals surface area contributed by atoms with Crippen molar-refractivity contribution in [3.05, 3.63) is 15.8 Å². The van der Waals surface area contributed by atoms with Gasteiger partial charge >= 0.3 is 5.97 Å². The average molecular weight is 289 g/mol.